The molecule has 0 aliphatic heterocycles. The Morgan fingerprint density at radius 3 is 1.23 bits per heavy atom. The summed E-state index contributed by atoms with van der Waals surface area (Å²) >= 11 is 0. The van der Waals surface area contributed by atoms with Gasteiger partial charge >= 0.3 is 24.1 Å². The molecule has 98 heavy (non-hydrogen) atoms. The lowest BCUT2D eigenvalue weighted by Gasteiger charge is -2.38. The van der Waals surface area contributed by atoms with E-state index in [9.17, 15) is 43.8 Å². The Bertz CT molecular complexity index is 2250. The molecule has 2 aliphatic carbocycles. The minimum atomic E-state index is -1.18. The van der Waals surface area contributed by atoms with E-state index in [-0.39, 0.29) is 192 Å². The van der Waals surface area contributed by atoms with Crippen molar-refractivity contribution in [2.75, 3.05) is 158 Å². The molecule has 0 spiro atoms. The Kier molecular flexibility index (Phi) is 48.4. The highest BCUT2D eigenvalue weighted by Gasteiger charge is 2.55. The quantitative estimate of drug-likeness (QED) is 0.0179. The molecule has 2 saturated carbocycles. The Balaban J connectivity index is 1.82. The minimum absolute atomic E-state index is 0.000349. The largest absolute Gasteiger partial charge is 0.481 e. The number of unbranched alkanes of at least 4 members (excludes halogenated alkanes) is 2. The fourth-order valence-electron chi connectivity index (χ4n) is 12.3. The van der Waals surface area contributed by atoms with Crippen molar-refractivity contribution >= 4 is 53.8 Å². The van der Waals surface area contributed by atoms with Gasteiger partial charge in [-0.25, -0.2) is 9.59 Å². The lowest BCUT2D eigenvalue weighted by Crippen LogP contribution is -2.56. The van der Waals surface area contributed by atoms with Gasteiger partial charge in [-0.3, -0.25) is 34.8 Å². The summed E-state index contributed by atoms with van der Waals surface area (Å²) in [4.78, 5) is 91.6. The maximum absolute atomic E-state index is 13.4. The summed E-state index contributed by atoms with van der Waals surface area (Å²) in [6.07, 6.45) is 2.92. The monoisotopic (exact) mass is 1410 g/mol. The number of ether oxygens (including phenoxy) is 12. The van der Waals surface area contributed by atoms with Crippen LogP contribution in [0.3, 0.4) is 0 Å². The summed E-state index contributed by atoms with van der Waals surface area (Å²) in [7, 11) is 0. The molecular weight excluding hydrogens is 1280 g/mol. The van der Waals surface area contributed by atoms with Gasteiger partial charge in [0, 0.05) is 82.1 Å². The van der Waals surface area contributed by atoms with Crippen LogP contribution in [0.15, 0.2) is 0 Å². The van der Waals surface area contributed by atoms with E-state index >= 15 is 0 Å². The maximum atomic E-state index is 13.4. The normalized spacial score (nSPS) is 19.9. The Morgan fingerprint density at radius 2 is 0.878 bits per heavy atom. The van der Waals surface area contributed by atoms with Crippen LogP contribution in [0, 0.1) is 46.3 Å². The lowest BCUT2D eigenvalue weighted by molar-refractivity contribution is -0.146. The molecule has 568 valence electrons. The lowest BCUT2D eigenvalue weighted by atomic mass is 9.80. The molecule has 0 heterocycles. The van der Waals surface area contributed by atoms with Crippen molar-refractivity contribution in [1.82, 2.24) is 42.1 Å². The third kappa shape index (κ3) is 36.9. The van der Waals surface area contributed by atoms with E-state index in [1.54, 1.807) is 4.90 Å². The van der Waals surface area contributed by atoms with Gasteiger partial charge in [0.05, 0.1) is 151 Å². The molecule has 1 unspecified atom stereocenters. The van der Waals surface area contributed by atoms with Gasteiger partial charge in [-0.05, 0) is 38.0 Å². The summed E-state index contributed by atoms with van der Waals surface area (Å²) in [6.45, 7) is 20.3. The van der Waals surface area contributed by atoms with E-state index in [1.165, 1.54) is 13.8 Å². The number of hydrogen-bond donors (Lipinski definition) is 13. The summed E-state index contributed by atoms with van der Waals surface area (Å²) in [5.41, 5.74) is 11.0. The minimum Gasteiger partial charge on any atom is -0.481 e. The van der Waals surface area contributed by atoms with Crippen LogP contribution in [0.25, 0.3) is 0 Å². The third-order valence-electron chi connectivity index (χ3n) is 17.2. The average molecular weight is 1410 g/mol. The second-order valence-corrected chi connectivity index (χ2v) is 24.3. The van der Waals surface area contributed by atoms with Gasteiger partial charge in [0.25, 0.3) is 0 Å². The van der Waals surface area contributed by atoms with Gasteiger partial charge in [0.1, 0.15) is 12.2 Å². The Hall–Kier alpha value is -6.01. The number of carbonyl (C=O) groups excluding carboxylic acids is 5. The van der Waals surface area contributed by atoms with Gasteiger partial charge in [0.2, 0.25) is 17.7 Å². The number of hydrogen-bond acceptors (Lipinski definition) is 22. The summed E-state index contributed by atoms with van der Waals surface area (Å²) in [5.74, 6) is -7.18. The molecule has 0 aromatic carbocycles. The van der Waals surface area contributed by atoms with E-state index < -0.39 is 84.2 Å². The van der Waals surface area contributed by atoms with Crippen LogP contribution in [0.2, 0.25) is 0 Å². The maximum Gasteiger partial charge on any atom is 0.407 e. The zero-order valence-electron chi connectivity index (χ0n) is 59.5. The molecule has 2 fully saturated rings. The van der Waals surface area contributed by atoms with Crippen LogP contribution in [0.4, 0.5) is 9.59 Å². The first-order valence-electron chi connectivity index (χ1n) is 35.0. The van der Waals surface area contributed by atoms with Gasteiger partial charge in [-0.15, -0.1) is 0 Å². The molecule has 33 heteroatoms. The number of nitrogens with two attached hydrogens (primary N) is 2. The van der Waals surface area contributed by atoms with E-state index in [2.05, 4.69) is 44.1 Å². The molecule has 2 aliphatic rings. The number of alkyl carbamates (subject to hydrolysis) is 2. The fourth-order valence-corrected chi connectivity index (χ4v) is 12.3. The molecule has 33 nitrogen and oxygen atoms in total. The number of aliphatic carboxylic acids is 2. The number of carboxylic acids is 2. The third-order valence-corrected chi connectivity index (χ3v) is 17.2. The van der Waals surface area contributed by atoms with Crippen molar-refractivity contribution in [3.63, 3.8) is 0 Å². The molecule has 0 bridgehead atoms. The summed E-state index contributed by atoms with van der Waals surface area (Å²) in [5, 5.41) is 57.6. The van der Waals surface area contributed by atoms with Gasteiger partial charge in [-0.1, -0.05) is 79.6 Å². The van der Waals surface area contributed by atoms with E-state index in [0.29, 0.717) is 58.7 Å². The van der Waals surface area contributed by atoms with Gasteiger partial charge in [0.15, 0.2) is 11.9 Å². The second-order valence-electron chi connectivity index (χ2n) is 24.3. The molecule has 0 aromatic rings. The zero-order chi connectivity index (χ0) is 72.5. The van der Waals surface area contributed by atoms with Crippen LogP contribution in [0.5, 0.6) is 0 Å². The highest BCUT2D eigenvalue weighted by atomic mass is 16.6. The molecule has 0 saturated heterocycles. The fraction of sp³-hybridized carbons (Fsp3) is 0.862. The van der Waals surface area contributed by atoms with E-state index in [1.807, 2.05) is 34.6 Å². The number of rotatable bonds is 58. The standard InChI is InChI=1S/C65H122N12O21/c1-9-14-15-16-44(6)72-63(69)76-52-42-50(61(83)84)59(55(52)57(74-46(8)79)48(12-4)13-5)98-65(86)71-19-24-89-29-34-94-36-31-91-26-21-77(53(80)17-22-87-27-32-92-37-38-95-39-40-96-43-66)20-25-90-30-35-93-33-28-88-23-18-70-64(85)97-58-49(60(81)82)41-51(75-62(67)68)54(58)56(73-45(7)78)47(10-2)11-3/h44,47-52,54-59H,9-43,66H2,1-8H3,(H,70,85)(H,71,86)(H,73,78)(H,74,79)(H,81,82)(H,83,84)(H4,67,68,75)(H3,69,72,76)/t44?,49-,50-,51+,52+,54+,55+,56+,57+,58+,59-/m0/s1. The van der Waals surface area contributed by atoms with Crippen LogP contribution in [-0.4, -0.2) is 270 Å². The zero-order valence-corrected chi connectivity index (χ0v) is 59.5. The Morgan fingerprint density at radius 1 is 0.510 bits per heavy atom. The summed E-state index contributed by atoms with van der Waals surface area (Å²) < 4.78 is 67.5. The second kappa shape index (κ2) is 53.8. The first-order valence-corrected chi connectivity index (χ1v) is 35.0. The average Bonchev–Trinajstić information content (AvgIpc) is 1.64. The first-order chi connectivity index (χ1) is 47.2. The topological polar surface area (TPSA) is 458 Å². The van der Waals surface area contributed by atoms with Crippen LogP contribution >= 0.6 is 0 Å². The molecule has 5 amide bonds. The highest BCUT2D eigenvalue weighted by Crippen LogP contribution is 2.41. The number of carbonyl (C=O) groups is 7. The SMILES string of the molecule is CCCCCC(C)NC(=N)N[C@@H]1C[C@H](C(=O)O)[C@H](OC(=O)NCCOCCOCCOCCN(CCOCCOCCOCCNC(=O)O[C@H]2[C@@H]([C@H](NC(C)=O)C(CC)CC)[C@H](NC(=N)N)C[C@@H]2C(=O)O)C(=O)CCOCCOCCOCCOCN)[C@H]1[C@H](NC(C)=O)C(CC)CC. The van der Waals surface area contributed by atoms with Crippen molar-refractivity contribution in [3.05, 3.63) is 0 Å². The van der Waals surface area contributed by atoms with E-state index in [4.69, 9.17) is 79.1 Å². The number of carboxylic acid groups (broad SMARTS) is 2. The molecule has 2 rings (SSSR count). The molecule has 0 aromatic heterocycles. The van der Waals surface area contributed by atoms with Gasteiger partial charge in [-0.2, -0.15) is 0 Å². The predicted octanol–water partition coefficient (Wildman–Crippen LogP) is 2.10. The highest BCUT2D eigenvalue weighted by molar-refractivity contribution is 5.79. The number of nitrogens with zero attached hydrogens (tertiary/aromatic N) is 1. The molecule has 0 radical (unpaired) electrons. The first kappa shape index (κ1) is 88.1. The van der Waals surface area contributed by atoms with Crippen molar-refractivity contribution in [2.45, 2.75) is 168 Å². The van der Waals surface area contributed by atoms with Gasteiger partial charge < -0.3 is 121 Å². The number of guanidine groups is 2. The van der Waals surface area contributed by atoms with Crippen LogP contribution in [0.1, 0.15) is 126 Å². The number of amides is 5. The van der Waals surface area contributed by atoms with Crippen molar-refractivity contribution in [2.24, 2.45) is 47.0 Å². The predicted molar refractivity (Wildman–Crippen MR) is 362 cm³/mol. The smallest absolute Gasteiger partial charge is 0.407 e. The van der Waals surface area contributed by atoms with E-state index in [0.717, 1.165) is 25.7 Å². The molecular formula is C65H122N12O21. The molecule has 11 atom stereocenters. The van der Waals surface area contributed by atoms with Crippen molar-refractivity contribution in [1.29, 1.82) is 10.8 Å². The molecule has 15 N–H and O–H groups in total. The summed E-state index contributed by atoms with van der Waals surface area (Å²) in [6, 6.07) is -2.38. The Labute approximate surface area is 579 Å². The van der Waals surface area contributed by atoms with Crippen LogP contribution < -0.4 is 48.7 Å². The van der Waals surface area contributed by atoms with Crippen LogP contribution in [-0.2, 0) is 80.8 Å². The number of nitrogens with one attached hydrogen (secondary N) is 9. The van der Waals surface area contributed by atoms with Crippen molar-refractivity contribution < 1.29 is 101 Å². The van der Waals surface area contributed by atoms with Crippen molar-refractivity contribution in [3.8, 4) is 0 Å².